The first-order chi connectivity index (χ1) is 10.6. The minimum Gasteiger partial charge on any atom is -0.370 e. The molecule has 128 valence electrons. The van der Waals surface area contributed by atoms with E-state index in [9.17, 15) is 14.9 Å². The molecule has 1 aromatic rings. The molecule has 0 aromatic heterocycles. The standard InChI is InChI=1S/C14H20N4O4.ClH/c1-22-13(10-15)14(19)17-8-6-16(7-9-17)11-4-2-3-5-12(11)18(20)21;/h2-5,13H,6-10,15H2,1H3;1H. The number of hydrogen-bond acceptors (Lipinski definition) is 6. The molecule has 1 unspecified atom stereocenters. The first-order valence-electron chi connectivity index (χ1n) is 7.08. The van der Waals surface area contributed by atoms with Gasteiger partial charge in [-0.3, -0.25) is 14.9 Å². The van der Waals surface area contributed by atoms with Crippen LogP contribution in [0.2, 0.25) is 0 Å². The van der Waals surface area contributed by atoms with Crippen LogP contribution in [0.3, 0.4) is 0 Å². The number of carbonyl (C=O) groups excluding carboxylic acids is 1. The van der Waals surface area contributed by atoms with Crippen LogP contribution in [0.15, 0.2) is 24.3 Å². The summed E-state index contributed by atoms with van der Waals surface area (Å²) in [5.74, 6) is -0.132. The van der Waals surface area contributed by atoms with Crippen LogP contribution in [-0.2, 0) is 9.53 Å². The molecule has 23 heavy (non-hydrogen) atoms. The van der Waals surface area contributed by atoms with E-state index in [0.717, 1.165) is 0 Å². The number of nitrogens with zero attached hydrogens (tertiary/aromatic N) is 3. The molecule has 8 nitrogen and oxygen atoms in total. The number of halogens is 1. The topological polar surface area (TPSA) is 102 Å². The molecule has 1 atom stereocenters. The number of hydrogen-bond donors (Lipinski definition) is 1. The Morgan fingerprint density at radius 2 is 1.96 bits per heavy atom. The lowest BCUT2D eigenvalue weighted by Crippen LogP contribution is -2.53. The van der Waals surface area contributed by atoms with Crippen molar-refractivity contribution in [2.24, 2.45) is 5.73 Å². The van der Waals surface area contributed by atoms with Crippen molar-refractivity contribution >= 4 is 29.7 Å². The molecule has 0 radical (unpaired) electrons. The van der Waals surface area contributed by atoms with Gasteiger partial charge in [0.15, 0.2) is 0 Å². The zero-order chi connectivity index (χ0) is 16.1. The summed E-state index contributed by atoms with van der Waals surface area (Å²) >= 11 is 0. The van der Waals surface area contributed by atoms with E-state index in [1.165, 1.54) is 13.2 Å². The Kier molecular flexibility index (Phi) is 7.21. The van der Waals surface area contributed by atoms with E-state index in [4.69, 9.17) is 10.5 Å². The fraction of sp³-hybridized carbons (Fsp3) is 0.500. The highest BCUT2D eigenvalue weighted by Crippen LogP contribution is 2.28. The Hall–Kier alpha value is -1.90. The van der Waals surface area contributed by atoms with Crippen molar-refractivity contribution in [3.63, 3.8) is 0 Å². The predicted molar refractivity (Wildman–Crippen MR) is 89.0 cm³/mol. The van der Waals surface area contributed by atoms with E-state index in [1.54, 1.807) is 23.1 Å². The van der Waals surface area contributed by atoms with Crippen LogP contribution in [0.1, 0.15) is 0 Å². The number of rotatable bonds is 5. The molecule has 1 fully saturated rings. The Morgan fingerprint density at radius 1 is 1.35 bits per heavy atom. The monoisotopic (exact) mass is 344 g/mol. The van der Waals surface area contributed by atoms with Crippen LogP contribution < -0.4 is 10.6 Å². The molecule has 1 aromatic carbocycles. The smallest absolute Gasteiger partial charge is 0.292 e. The zero-order valence-corrected chi connectivity index (χ0v) is 13.7. The Morgan fingerprint density at radius 3 is 2.48 bits per heavy atom. The average molecular weight is 345 g/mol. The van der Waals surface area contributed by atoms with E-state index in [-0.39, 0.29) is 35.5 Å². The van der Waals surface area contributed by atoms with E-state index >= 15 is 0 Å². The molecular weight excluding hydrogens is 324 g/mol. The average Bonchev–Trinajstić information content (AvgIpc) is 2.56. The maximum Gasteiger partial charge on any atom is 0.292 e. The number of carbonyl (C=O) groups is 1. The summed E-state index contributed by atoms with van der Waals surface area (Å²) in [6, 6.07) is 6.64. The lowest BCUT2D eigenvalue weighted by molar-refractivity contribution is -0.384. The highest BCUT2D eigenvalue weighted by molar-refractivity contribution is 5.85. The number of nitrogens with two attached hydrogens (primary N) is 1. The lowest BCUT2D eigenvalue weighted by atomic mass is 10.2. The van der Waals surface area contributed by atoms with Crippen molar-refractivity contribution < 1.29 is 14.5 Å². The summed E-state index contributed by atoms with van der Waals surface area (Å²) in [4.78, 5) is 26.5. The third kappa shape index (κ3) is 4.31. The second-order valence-electron chi connectivity index (χ2n) is 5.02. The summed E-state index contributed by atoms with van der Waals surface area (Å²) in [6.07, 6.45) is -0.627. The fourth-order valence-electron chi connectivity index (χ4n) is 2.56. The molecule has 0 spiro atoms. The van der Waals surface area contributed by atoms with E-state index < -0.39 is 6.10 Å². The maximum absolute atomic E-state index is 12.2. The quantitative estimate of drug-likeness (QED) is 0.621. The van der Waals surface area contributed by atoms with Crippen molar-refractivity contribution in [1.29, 1.82) is 0 Å². The van der Waals surface area contributed by atoms with Gasteiger partial charge in [-0.05, 0) is 6.07 Å². The van der Waals surface area contributed by atoms with Crippen molar-refractivity contribution in [3.05, 3.63) is 34.4 Å². The second-order valence-corrected chi connectivity index (χ2v) is 5.02. The number of benzene rings is 1. The van der Waals surface area contributed by atoms with Crippen LogP contribution in [-0.4, -0.2) is 61.7 Å². The van der Waals surface area contributed by atoms with Gasteiger partial charge in [0.05, 0.1) is 4.92 Å². The minimum atomic E-state index is -0.627. The van der Waals surface area contributed by atoms with Gasteiger partial charge in [-0.25, -0.2) is 0 Å². The van der Waals surface area contributed by atoms with Gasteiger partial charge < -0.3 is 20.3 Å². The van der Waals surface area contributed by atoms with Gasteiger partial charge in [-0.2, -0.15) is 0 Å². The zero-order valence-electron chi connectivity index (χ0n) is 12.9. The number of anilines is 1. The second kappa shape index (κ2) is 8.66. The molecule has 2 rings (SSSR count). The van der Waals surface area contributed by atoms with Crippen LogP contribution >= 0.6 is 12.4 Å². The minimum absolute atomic E-state index is 0. The van der Waals surface area contributed by atoms with Crippen LogP contribution in [0, 0.1) is 10.1 Å². The van der Waals surface area contributed by atoms with Gasteiger partial charge in [0.1, 0.15) is 11.8 Å². The van der Waals surface area contributed by atoms with E-state index in [0.29, 0.717) is 31.9 Å². The number of para-hydroxylation sites is 2. The van der Waals surface area contributed by atoms with Crippen LogP contribution in [0.4, 0.5) is 11.4 Å². The number of piperazine rings is 1. The Balaban J connectivity index is 0.00000264. The molecule has 9 heteroatoms. The summed E-state index contributed by atoms with van der Waals surface area (Å²) in [6.45, 7) is 2.20. The van der Waals surface area contributed by atoms with Crippen molar-refractivity contribution in [1.82, 2.24) is 4.90 Å². The van der Waals surface area contributed by atoms with Crippen LogP contribution in [0.5, 0.6) is 0 Å². The first-order valence-corrected chi connectivity index (χ1v) is 7.08. The predicted octanol–water partition coefficient (Wildman–Crippen LogP) is 0.639. The molecule has 2 N–H and O–H groups in total. The molecule has 0 bridgehead atoms. The lowest BCUT2D eigenvalue weighted by Gasteiger charge is -2.36. The van der Waals surface area contributed by atoms with Crippen molar-refractivity contribution in [3.8, 4) is 0 Å². The summed E-state index contributed by atoms with van der Waals surface area (Å²) < 4.78 is 5.06. The van der Waals surface area contributed by atoms with Gasteiger partial charge >= 0.3 is 0 Å². The van der Waals surface area contributed by atoms with Gasteiger partial charge in [0.25, 0.3) is 11.6 Å². The highest BCUT2D eigenvalue weighted by atomic mass is 35.5. The normalized spacial score (nSPS) is 15.7. The molecule has 1 aliphatic heterocycles. The van der Waals surface area contributed by atoms with Gasteiger partial charge in [0.2, 0.25) is 0 Å². The fourth-order valence-corrected chi connectivity index (χ4v) is 2.56. The molecule has 1 saturated heterocycles. The summed E-state index contributed by atoms with van der Waals surface area (Å²) in [5, 5.41) is 11.1. The number of nitro benzene ring substituents is 1. The third-order valence-corrected chi connectivity index (χ3v) is 3.78. The third-order valence-electron chi connectivity index (χ3n) is 3.78. The number of nitro groups is 1. The largest absolute Gasteiger partial charge is 0.370 e. The molecule has 0 saturated carbocycles. The highest BCUT2D eigenvalue weighted by Gasteiger charge is 2.28. The van der Waals surface area contributed by atoms with E-state index in [1.807, 2.05) is 4.90 Å². The van der Waals surface area contributed by atoms with Gasteiger partial charge in [-0.15, -0.1) is 12.4 Å². The first kappa shape index (κ1) is 19.1. The molecular formula is C14H21ClN4O4. The summed E-state index contributed by atoms with van der Waals surface area (Å²) in [7, 11) is 1.46. The molecule has 0 aliphatic carbocycles. The maximum atomic E-state index is 12.2. The SMILES string of the molecule is COC(CN)C(=O)N1CCN(c2ccccc2[N+](=O)[O-])CC1.Cl. The molecule has 1 aliphatic rings. The van der Waals surface area contributed by atoms with Crippen LogP contribution in [0.25, 0.3) is 0 Å². The summed E-state index contributed by atoms with van der Waals surface area (Å²) in [5.41, 5.74) is 6.17. The Bertz CT molecular complexity index is 545. The van der Waals surface area contributed by atoms with Crippen molar-refractivity contribution in [2.75, 3.05) is 44.7 Å². The van der Waals surface area contributed by atoms with Crippen molar-refractivity contribution in [2.45, 2.75) is 6.10 Å². The molecule has 1 heterocycles. The number of methoxy groups -OCH3 is 1. The van der Waals surface area contributed by atoms with E-state index in [2.05, 4.69) is 0 Å². The van der Waals surface area contributed by atoms with Gasteiger partial charge in [0, 0.05) is 45.9 Å². The number of amides is 1. The Labute approximate surface area is 140 Å². The molecule has 1 amide bonds. The number of ether oxygens (including phenoxy) is 1. The van der Waals surface area contributed by atoms with Gasteiger partial charge in [-0.1, -0.05) is 12.1 Å².